The largest absolute Gasteiger partial charge is 0.417 e. The van der Waals surface area contributed by atoms with E-state index in [2.05, 4.69) is 5.10 Å². The fraction of sp³-hybridized carbons (Fsp3) is 0.522. The Morgan fingerprint density at radius 1 is 1.30 bits per heavy atom. The average Bonchev–Trinajstić information content (AvgIpc) is 3.31. The standard InChI is InChI=1S/C23H26F3N5O2/c1-15-7-16(2)31(28-15)12-21(33)29-6-5-22(14-32)13-30(11-18(22)10-29)19-4-3-17(9-27)20(8-19)23(24,25)26/h3-4,7-8,18,32H,5-6,10-14H2,1-2H3/t18-,22+/m1/s1. The molecule has 2 saturated heterocycles. The summed E-state index contributed by atoms with van der Waals surface area (Å²) >= 11 is 0. The number of aryl methyl sites for hydroxylation is 2. The minimum atomic E-state index is -4.63. The molecule has 0 radical (unpaired) electrons. The van der Waals surface area contributed by atoms with Gasteiger partial charge in [-0.2, -0.15) is 23.5 Å². The molecule has 1 amide bonds. The summed E-state index contributed by atoms with van der Waals surface area (Å²) in [6, 6.07) is 7.22. The second-order valence-electron chi connectivity index (χ2n) is 9.11. The molecule has 1 aromatic heterocycles. The van der Waals surface area contributed by atoms with E-state index in [0.29, 0.717) is 38.3 Å². The number of carbonyl (C=O) groups excluding carboxylic acids is 1. The second-order valence-corrected chi connectivity index (χ2v) is 9.11. The fourth-order valence-corrected chi connectivity index (χ4v) is 5.09. The van der Waals surface area contributed by atoms with E-state index in [-0.39, 0.29) is 25.0 Å². The van der Waals surface area contributed by atoms with Gasteiger partial charge in [-0.25, -0.2) is 0 Å². The number of rotatable bonds is 4. The number of aliphatic hydroxyl groups is 1. The lowest BCUT2D eigenvalue weighted by atomic mass is 9.73. The SMILES string of the molecule is Cc1cc(C)n(CC(=O)N2CC[C@@]3(CO)CN(c4ccc(C#N)c(C(F)(F)F)c4)C[C@H]3C2)n1. The molecule has 0 unspecified atom stereocenters. The summed E-state index contributed by atoms with van der Waals surface area (Å²) in [5, 5.41) is 23.6. The molecule has 7 nitrogen and oxygen atoms in total. The number of likely N-dealkylation sites (tertiary alicyclic amines) is 1. The quantitative estimate of drug-likeness (QED) is 0.757. The Morgan fingerprint density at radius 2 is 2.06 bits per heavy atom. The molecular weight excluding hydrogens is 435 g/mol. The number of fused-ring (bicyclic) bond motifs is 1. The highest BCUT2D eigenvalue weighted by Gasteiger charge is 2.50. The highest BCUT2D eigenvalue weighted by atomic mass is 19.4. The van der Waals surface area contributed by atoms with Crippen LogP contribution in [0, 0.1) is 36.5 Å². The predicted molar refractivity (Wildman–Crippen MR) is 114 cm³/mol. The highest BCUT2D eigenvalue weighted by Crippen LogP contribution is 2.45. The molecule has 0 bridgehead atoms. The summed E-state index contributed by atoms with van der Waals surface area (Å²) in [6.45, 7) is 5.52. The number of nitrogens with zero attached hydrogens (tertiary/aromatic N) is 5. The van der Waals surface area contributed by atoms with Crippen molar-refractivity contribution in [1.82, 2.24) is 14.7 Å². The van der Waals surface area contributed by atoms with Crippen LogP contribution in [0.1, 0.15) is 28.9 Å². The normalized spacial score (nSPS) is 22.9. The summed E-state index contributed by atoms with van der Waals surface area (Å²) in [4.78, 5) is 16.5. The van der Waals surface area contributed by atoms with E-state index in [1.165, 1.54) is 12.1 Å². The second kappa shape index (κ2) is 8.37. The Bertz CT molecular complexity index is 1110. The van der Waals surface area contributed by atoms with E-state index >= 15 is 0 Å². The van der Waals surface area contributed by atoms with Gasteiger partial charge in [0.2, 0.25) is 5.91 Å². The molecule has 0 aliphatic carbocycles. The number of benzene rings is 1. The third-order valence-corrected chi connectivity index (χ3v) is 6.98. The zero-order valence-corrected chi connectivity index (χ0v) is 18.6. The van der Waals surface area contributed by atoms with E-state index in [9.17, 15) is 23.1 Å². The minimum Gasteiger partial charge on any atom is -0.396 e. The van der Waals surface area contributed by atoms with Crippen LogP contribution in [0.25, 0.3) is 0 Å². The van der Waals surface area contributed by atoms with Crippen molar-refractivity contribution in [2.75, 3.05) is 37.7 Å². The van der Waals surface area contributed by atoms with Crippen LogP contribution in [-0.4, -0.2) is 58.5 Å². The van der Waals surface area contributed by atoms with Gasteiger partial charge >= 0.3 is 6.18 Å². The van der Waals surface area contributed by atoms with Gasteiger partial charge in [-0.1, -0.05) is 0 Å². The van der Waals surface area contributed by atoms with Crippen molar-refractivity contribution in [2.45, 2.75) is 33.0 Å². The average molecular weight is 461 g/mol. The zero-order valence-electron chi connectivity index (χ0n) is 18.6. The molecule has 10 heteroatoms. The molecule has 0 saturated carbocycles. The Hall–Kier alpha value is -3.06. The van der Waals surface area contributed by atoms with Crippen LogP contribution >= 0.6 is 0 Å². The number of halogens is 3. The molecule has 1 aromatic carbocycles. The van der Waals surface area contributed by atoms with Gasteiger partial charge in [-0.3, -0.25) is 9.48 Å². The van der Waals surface area contributed by atoms with Crippen molar-refractivity contribution in [1.29, 1.82) is 5.26 Å². The summed E-state index contributed by atoms with van der Waals surface area (Å²) < 4.78 is 42.0. The maximum Gasteiger partial charge on any atom is 0.417 e. The molecule has 4 rings (SSSR count). The van der Waals surface area contributed by atoms with Gasteiger partial charge in [0.1, 0.15) is 6.54 Å². The highest BCUT2D eigenvalue weighted by molar-refractivity contribution is 5.76. The number of alkyl halides is 3. The van der Waals surface area contributed by atoms with Crippen LogP contribution in [0.3, 0.4) is 0 Å². The topological polar surface area (TPSA) is 85.4 Å². The van der Waals surface area contributed by atoms with E-state index in [0.717, 1.165) is 17.5 Å². The van der Waals surface area contributed by atoms with Gasteiger partial charge in [-0.05, 0) is 44.5 Å². The van der Waals surface area contributed by atoms with Crippen LogP contribution < -0.4 is 4.90 Å². The van der Waals surface area contributed by atoms with Gasteiger partial charge in [0.05, 0.1) is 29.5 Å². The smallest absolute Gasteiger partial charge is 0.396 e. The van der Waals surface area contributed by atoms with E-state index in [4.69, 9.17) is 5.26 Å². The molecule has 33 heavy (non-hydrogen) atoms. The monoisotopic (exact) mass is 461 g/mol. The van der Waals surface area contributed by atoms with Crippen molar-refractivity contribution in [2.24, 2.45) is 11.3 Å². The van der Waals surface area contributed by atoms with Crippen LogP contribution in [0.15, 0.2) is 24.3 Å². The molecule has 2 aromatic rings. The molecule has 2 atom stereocenters. The lowest BCUT2D eigenvalue weighted by Gasteiger charge is -2.42. The predicted octanol–water partition coefficient (Wildman–Crippen LogP) is 2.74. The van der Waals surface area contributed by atoms with Gasteiger partial charge in [-0.15, -0.1) is 0 Å². The molecule has 2 aliphatic heterocycles. The number of hydrogen-bond donors (Lipinski definition) is 1. The lowest BCUT2D eigenvalue weighted by molar-refractivity contribution is -0.138. The van der Waals surface area contributed by atoms with E-state index in [1.54, 1.807) is 15.7 Å². The molecule has 2 aliphatic rings. The molecule has 0 spiro atoms. The van der Waals surface area contributed by atoms with Gasteiger partial charge in [0.15, 0.2) is 0 Å². The summed E-state index contributed by atoms with van der Waals surface area (Å²) in [5.41, 5.74) is 0.240. The molecule has 176 valence electrons. The maximum absolute atomic E-state index is 13.4. The number of carbonyl (C=O) groups is 1. The van der Waals surface area contributed by atoms with Crippen LogP contribution in [0.4, 0.5) is 18.9 Å². The number of anilines is 1. The van der Waals surface area contributed by atoms with Crippen LogP contribution in [0.2, 0.25) is 0 Å². The van der Waals surface area contributed by atoms with Gasteiger partial charge in [0, 0.05) is 48.9 Å². The lowest BCUT2D eigenvalue weighted by Crippen LogP contribution is -2.51. The Kier molecular flexibility index (Phi) is 5.86. The van der Waals surface area contributed by atoms with Crippen molar-refractivity contribution in [3.8, 4) is 6.07 Å². The third-order valence-electron chi connectivity index (χ3n) is 6.98. The molecule has 2 fully saturated rings. The number of aliphatic hydroxyl groups excluding tert-OH is 1. The maximum atomic E-state index is 13.4. The van der Waals surface area contributed by atoms with E-state index in [1.807, 2.05) is 24.8 Å². The van der Waals surface area contributed by atoms with Gasteiger partial charge < -0.3 is 14.9 Å². The Balaban J connectivity index is 1.52. The van der Waals surface area contributed by atoms with Crippen molar-refractivity contribution in [3.05, 3.63) is 46.8 Å². The number of aromatic nitrogens is 2. The zero-order chi connectivity index (χ0) is 24.0. The number of hydrogen-bond acceptors (Lipinski definition) is 5. The van der Waals surface area contributed by atoms with Crippen molar-refractivity contribution >= 4 is 11.6 Å². The Morgan fingerprint density at radius 3 is 2.67 bits per heavy atom. The fourth-order valence-electron chi connectivity index (χ4n) is 5.09. The first-order valence-corrected chi connectivity index (χ1v) is 10.8. The first-order valence-electron chi connectivity index (χ1n) is 10.8. The number of amides is 1. The minimum absolute atomic E-state index is 0.0658. The first-order chi connectivity index (χ1) is 15.6. The molecule has 1 N–H and O–H groups in total. The van der Waals surface area contributed by atoms with Crippen LogP contribution in [-0.2, 0) is 17.5 Å². The van der Waals surface area contributed by atoms with Crippen LogP contribution in [0.5, 0.6) is 0 Å². The van der Waals surface area contributed by atoms with Crippen molar-refractivity contribution < 1.29 is 23.1 Å². The summed E-state index contributed by atoms with van der Waals surface area (Å²) in [5.74, 6) is -0.144. The third kappa shape index (κ3) is 4.29. The number of piperidine rings is 1. The Labute approximate surface area is 190 Å². The van der Waals surface area contributed by atoms with Crippen molar-refractivity contribution in [3.63, 3.8) is 0 Å². The van der Waals surface area contributed by atoms with E-state index < -0.39 is 22.7 Å². The first kappa shape index (κ1) is 23.1. The number of nitriles is 1. The van der Waals surface area contributed by atoms with Gasteiger partial charge in [0.25, 0.3) is 0 Å². The summed E-state index contributed by atoms with van der Waals surface area (Å²) in [7, 11) is 0. The molecular formula is C23H26F3N5O2. The molecule has 3 heterocycles. The summed E-state index contributed by atoms with van der Waals surface area (Å²) in [6.07, 6.45) is -4.07.